The average molecular weight is 377 g/mol. The van der Waals surface area contributed by atoms with Gasteiger partial charge in [-0.3, -0.25) is 4.18 Å². The van der Waals surface area contributed by atoms with E-state index in [9.17, 15) is 17.2 Å². The van der Waals surface area contributed by atoms with Gasteiger partial charge in [0, 0.05) is 10.6 Å². The first-order valence-electron chi connectivity index (χ1n) is 6.93. The number of rotatable bonds is 6. The summed E-state index contributed by atoms with van der Waals surface area (Å²) in [5.74, 6) is -0.194. The lowest BCUT2D eigenvalue weighted by atomic mass is 10.1. The zero-order chi connectivity index (χ0) is 17.9. The normalized spacial score (nSPS) is 13.1. The summed E-state index contributed by atoms with van der Waals surface area (Å²) in [4.78, 5) is -0.0293. The van der Waals surface area contributed by atoms with Gasteiger partial charge in [0.2, 0.25) is 0 Å². The second-order valence-corrected chi connectivity index (χ2v) is 7.07. The van der Waals surface area contributed by atoms with Crippen LogP contribution >= 0.6 is 11.6 Å². The van der Waals surface area contributed by atoms with Crippen molar-refractivity contribution in [2.45, 2.75) is 31.5 Å². The standard InChI is InChI=1S/C16H15ClF2O4S/c1-10-3-6-13(7-4-10)24(20,21)23-11(2)14-9-12(17)5-8-15(14)22-16(18)19/h3-9,11,16H,1-2H3. The maximum absolute atomic E-state index is 12.5. The second-order valence-electron chi connectivity index (χ2n) is 5.07. The minimum atomic E-state index is -4.07. The number of alkyl halides is 2. The smallest absolute Gasteiger partial charge is 0.387 e. The topological polar surface area (TPSA) is 52.6 Å². The van der Waals surface area contributed by atoms with Crippen molar-refractivity contribution in [2.75, 3.05) is 0 Å². The van der Waals surface area contributed by atoms with Crippen LogP contribution in [0.2, 0.25) is 5.02 Å². The predicted molar refractivity (Wildman–Crippen MR) is 85.9 cm³/mol. The van der Waals surface area contributed by atoms with Gasteiger partial charge in [0.05, 0.1) is 4.90 Å². The van der Waals surface area contributed by atoms with Crippen molar-refractivity contribution in [1.82, 2.24) is 0 Å². The molecule has 2 rings (SSSR count). The Morgan fingerprint density at radius 3 is 2.29 bits per heavy atom. The highest BCUT2D eigenvalue weighted by Crippen LogP contribution is 2.33. The van der Waals surface area contributed by atoms with Gasteiger partial charge in [-0.1, -0.05) is 29.3 Å². The molecule has 0 heterocycles. The number of hydrogen-bond donors (Lipinski definition) is 0. The van der Waals surface area contributed by atoms with Gasteiger partial charge in [-0.05, 0) is 44.2 Å². The molecule has 0 saturated heterocycles. The third kappa shape index (κ3) is 4.66. The molecule has 8 heteroatoms. The average Bonchev–Trinajstić information content (AvgIpc) is 2.48. The Balaban J connectivity index is 2.30. The second kappa shape index (κ2) is 7.46. The van der Waals surface area contributed by atoms with Crippen LogP contribution in [0.1, 0.15) is 24.2 Å². The minimum absolute atomic E-state index is 0.0293. The van der Waals surface area contributed by atoms with E-state index in [-0.39, 0.29) is 21.2 Å². The number of hydrogen-bond acceptors (Lipinski definition) is 4. The molecule has 1 atom stereocenters. The Hall–Kier alpha value is -1.70. The first kappa shape index (κ1) is 18.6. The van der Waals surface area contributed by atoms with E-state index in [0.717, 1.165) is 5.56 Å². The first-order chi connectivity index (χ1) is 11.2. The van der Waals surface area contributed by atoms with E-state index in [1.165, 1.54) is 37.3 Å². The third-order valence-corrected chi connectivity index (χ3v) is 4.83. The van der Waals surface area contributed by atoms with Crippen molar-refractivity contribution in [3.05, 3.63) is 58.6 Å². The summed E-state index contributed by atoms with van der Waals surface area (Å²) in [6.45, 7) is 0.182. The number of ether oxygens (including phenoxy) is 1. The molecule has 0 amide bonds. The van der Waals surface area contributed by atoms with E-state index in [2.05, 4.69) is 4.74 Å². The van der Waals surface area contributed by atoms with E-state index in [0.29, 0.717) is 0 Å². The molecule has 2 aromatic rings. The maximum atomic E-state index is 12.5. The summed E-state index contributed by atoms with van der Waals surface area (Å²) >= 11 is 5.86. The van der Waals surface area contributed by atoms with Crippen LogP contribution in [-0.2, 0) is 14.3 Å². The van der Waals surface area contributed by atoms with Gasteiger partial charge < -0.3 is 4.74 Å². The van der Waals surface area contributed by atoms with Gasteiger partial charge in [0.15, 0.2) is 0 Å². The maximum Gasteiger partial charge on any atom is 0.387 e. The lowest BCUT2D eigenvalue weighted by Gasteiger charge is -2.17. The molecular formula is C16H15ClF2O4S. The third-order valence-electron chi connectivity index (χ3n) is 3.21. The van der Waals surface area contributed by atoms with E-state index in [1.54, 1.807) is 12.1 Å². The molecule has 0 aliphatic rings. The number of halogens is 3. The molecule has 130 valence electrons. The SMILES string of the molecule is Cc1ccc(S(=O)(=O)OC(C)c2cc(Cl)ccc2OC(F)F)cc1. The predicted octanol–water partition coefficient (Wildman–Crippen LogP) is 4.72. The summed E-state index contributed by atoms with van der Waals surface area (Å²) in [6, 6.07) is 10.0. The molecule has 1 unspecified atom stereocenters. The molecule has 0 radical (unpaired) electrons. The molecule has 0 aliphatic heterocycles. The Morgan fingerprint density at radius 2 is 1.71 bits per heavy atom. The molecule has 2 aromatic carbocycles. The fourth-order valence-electron chi connectivity index (χ4n) is 2.04. The molecule has 0 spiro atoms. The van der Waals surface area contributed by atoms with Gasteiger partial charge in [-0.2, -0.15) is 17.2 Å². The van der Waals surface area contributed by atoms with Gasteiger partial charge in [0.1, 0.15) is 11.9 Å². The van der Waals surface area contributed by atoms with Gasteiger partial charge in [0.25, 0.3) is 10.1 Å². The van der Waals surface area contributed by atoms with Crippen molar-refractivity contribution >= 4 is 21.7 Å². The highest BCUT2D eigenvalue weighted by Gasteiger charge is 2.23. The van der Waals surface area contributed by atoms with Crippen LogP contribution in [0.3, 0.4) is 0 Å². The molecule has 0 fully saturated rings. The van der Waals surface area contributed by atoms with E-state index in [4.69, 9.17) is 15.8 Å². The fraction of sp³-hybridized carbons (Fsp3) is 0.250. The van der Waals surface area contributed by atoms with E-state index in [1.807, 2.05) is 6.92 Å². The quantitative estimate of drug-likeness (QED) is 0.685. The Morgan fingerprint density at radius 1 is 1.08 bits per heavy atom. The first-order valence-corrected chi connectivity index (χ1v) is 8.72. The van der Waals surface area contributed by atoms with Crippen molar-refractivity contribution in [2.24, 2.45) is 0 Å². The number of benzene rings is 2. The van der Waals surface area contributed by atoms with Crippen LogP contribution in [0, 0.1) is 6.92 Å². The molecule has 24 heavy (non-hydrogen) atoms. The van der Waals surface area contributed by atoms with Crippen molar-refractivity contribution in [1.29, 1.82) is 0 Å². The number of aryl methyl sites for hydroxylation is 1. The van der Waals surface area contributed by atoms with E-state index >= 15 is 0 Å². The summed E-state index contributed by atoms with van der Waals surface area (Å²) < 4.78 is 59.1. The van der Waals surface area contributed by atoms with Gasteiger partial charge >= 0.3 is 6.61 Å². The largest absolute Gasteiger partial charge is 0.434 e. The molecule has 0 aliphatic carbocycles. The zero-order valence-corrected chi connectivity index (χ0v) is 14.4. The Bertz CT molecular complexity index is 807. The fourth-order valence-corrected chi connectivity index (χ4v) is 3.29. The zero-order valence-electron chi connectivity index (χ0n) is 12.9. The van der Waals surface area contributed by atoms with Gasteiger partial charge in [-0.15, -0.1) is 0 Å². The lowest BCUT2D eigenvalue weighted by Crippen LogP contribution is -2.12. The molecule has 0 saturated carbocycles. The summed E-state index contributed by atoms with van der Waals surface area (Å²) in [7, 11) is -4.07. The highest BCUT2D eigenvalue weighted by molar-refractivity contribution is 7.86. The Labute approximate surface area is 144 Å². The molecule has 0 bridgehead atoms. The minimum Gasteiger partial charge on any atom is -0.434 e. The van der Waals surface area contributed by atoms with Crippen LogP contribution in [0.5, 0.6) is 5.75 Å². The Kier molecular flexibility index (Phi) is 5.79. The monoisotopic (exact) mass is 376 g/mol. The van der Waals surface area contributed by atoms with Crippen LogP contribution in [-0.4, -0.2) is 15.0 Å². The molecular weight excluding hydrogens is 362 g/mol. The molecule has 4 nitrogen and oxygen atoms in total. The van der Waals surface area contributed by atoms with Crippen molar-refractivity contribution in [3.8, 4) is 5.75 Å². The van der Waals surface area contributed by atoms with Crippen molar-refractivity contribution in [3.63, 3.8) is 0 Å². The van der Waals surface area contributed by atoms with Crippen molar-refractivity contribution < 1.29 is 26.1 Å². The van der Waals surface area contributed by atoms with E-state index < -0.39 is 22.8 Å². The van der Waals surface area contributed by atoms with Gasteiger partial charge in [-0.25, -0.2) is 0 Å². The molecule has 0 N–H and O–H groups in total. The van der Waals surface area contributed by atoms with Crippen LogP contribution in [0.4, 0.5) is 8.78 Å². The van der Waals surface area contributed by atoms with Crippen LogP contribution in [0.15, 0.2) is 47.4 Å². The summed E-state index contributed by atoms with van der Waals surface area (Å²) in [5.41, 5.74) is 1.00. The van der Waals surface area contributed by atoms with Crippen LogP contribution in [0.25, 0.3) is 0 Å². The summed E-state index contributed by atoms with van der Waals surface area (Å²) in [5, 5.41) is 0.245. The lowest BCUT2D eigenvalue weighted by molar-refractivity contribution is -0.0511. The molecule has 0 aromatic heterocycles. The summed E-state index contributed by atoms with van der Waals surface area (Å²) in [6.07, 6.45) is -1.07. The van der Waals surface area contributed by atoms with Crippen LogP contribution < -0.4 is 4.74 Å². The highest BCUT2D eigenvalue weighted by atomic mass is 35.5.